The average molecular weight is 153 g/mol. The molecule has 0 atom stereocenters. The van der Waals surface area contributed by atoms with E-state index in [1.807, 2.05) is 26.0 Å². The average Bonchev–Trinajstić information content (AvgIpc) is 2.10. The Morgan fingerprint density at radius 2 is 1.64 bits per heavy atom. The number of hydrogen-bond donors (Lipinski definition) is 1. The minimum Gasteiger partial charge on any atom is -0.399 e. The number of rotatable bonds is 1. The molecule has 0 amide bonds. The molecular formula is C10H19N. The zero-order chi connectivity index (χ0) is 8.69. The van der Waals surface area contributed by atoms with E-state index in [0.29, 0.717) is 0 Å². The van der Waals surface area contributed by atoms with Crippen molar-refractivity contribution in [2.75, 3.05) is 5.73 Å². The second kappa shape index (κ2) is 5.78. The van der Waals surface area contributed by atoms with Crippen molar-refractivity contribution >= 4 is 5.69 Å². The fourth-order valence-corrected chi connectivity index (χ4v) is 0.753. The molecule has 0 aliphatic rings. The molecule has 0 spiro atoms. The lowest BCUT2D eigenvalue weighted by atomic mass is 10.2. The van der Waals surface area contributed by atoms with Crippen molar-refractivity contribution in [3.05, 3.63) is 29.8 Å². The largest absolute Gasteiger partial charge is 0.399 e. The zero-order valence-corrected chi connectivity index (χ0v) is 7.59. The molecule has 0 aliphatic carbocycles. The molecule has 0 saturated carbocycles. The summed E-state index contributed by atoms with van der Waals surface area (Å²) in [4.78, 5) is 0. The van der Waals surface area contributed by atoms with Crippen LogP contribution in [-0.2, 0) is 6.42 Å². The van der Waals surface area contributed by atoms with Crippen molar-refractivity contribution in [2.45, 2.75) is 27.2 Å². The van der Waals surface area contributed by atoms with Crippen LogP contribution in [-0.4, -0.2) is 0 Å². The minimum absolute atomic E-state index is 0. The van der Waals surface area contributed by atoms with E-state index in [-0.39, 0.29) is 1.43 Å². The number of nitrogen functional groups attached to an aromatic ring is 1. The Hall–Kier alpha value is -0.980. The molecule has 1 nitrogen and oxygen atoms in total. The first-order valence-corrected chi connectivity index (χ1v) is 4.17. The normalized spacial score (nSPS) is 8.27. The summed E-state index contributed by atoms with van der Waals surface area (Å²) < 4.78 is 0. The van der Waals surface area contributed by atoms with Crippen molar-refractivity contribution in [1.82, 2.24) is 0 Å². The van der Waals surface area contributed by atoms with Crippen LogP contribution in [0.2, 0.25) is 0 Å². The molecule has 11 heavy (non-hydrogen) atoms. The van der Waals surface area contributed by atoms with Gasteiger partial charge < -0.3 is 5.73 Å². The van der Waals surface area contributed by atoms with Crippen molar-refractivity contribution in [1.29, 1.82) is 0 Å². The summed E-state index contributed by atoms with van der Waals surface area (Å²) in [5, 5.41) is 0. The van der Waals surface area contributed by atoms with E-state index in [9.17, 15) is 0 Å². The van der Waals surface area contributed by atoms with Gasteiger partial charge in [0.25, 0.3) is 0 Å². The van der Waals surface area contributed by atoms with E-state index in [2.05, 4.69) is 19.1 Å². The van der Waals surface area contributed by atoms with Crippen LogP contribution in [0.1, 0.15) is 27.8 Å². The molecule has 0 radical (unpaired) electrons. The van der Waals surface area contributed by atoms with Gasteiger partial charge in [0.1, 0.15) is 0 Å². The molecule has 0 unspecified atom stereocenters. The summed E-state index contributed by atoms with van der Waals surface area (Å²) >= 11 is 0. The summed E-state index contributed by atoms with van der Waals surface area (Å²) in [5.74, 6) is 0. The molecule has 64 valence electrons. The van der Waals surface area contributed by atoms with Crippen LogP contribution in [0.15, 0.2) is 24.3 Å². The Bertz CT molecular complexity index is 182. The Labute approximate surface area is 70.7 Å². The van der Waals surface area contributed by atoms with Gasteiger partial charge in [0, 0.05) is 7.11 Å². The van der Waals surface area contributed by atoms with E-state index in [1.54, 1.807) is 0 Å². The van der Waals surface area contributed by atoms with Gasteiger partial charge in [0.15, 0.2) is 0 Å². The molecule has 1 rings (SSSR count). The maximum Gasteiger partial charge on any atom is 0.0314 e. The predicted molar refractivity (Wildman–Crippen MR) is 53.7 cm³/mol. The first-order chi connectivity index (χ1) is 5.33. The Balaban J connectivity index is 0. The maximum atomic E-state index is 5.48. The molecule has 0 saturated heterocycles. The Morgan fingerprint density at radius 3 is 2.00 bits per heavy atom. The van der Waals surface area contributed by atoms with Gasteiger partial charge in [-0.15, -0.1) is 0 Å². The van der Waals surface area contributed by atoms with Gasteiger partial charge in [-0.05, 0) is 24.1 Å². The molecule has 0 aliphatic heterocycles. The third-order valence-electron chi connectivity index (χ3n) is 1.39. The van der Waals surface area contributed by atoms with Gasteiger partial charge in [-0.25, -0.2) is 0 Å². The van der Waals surface area contributed by atoms with Gasteiger partial charge in [0.2, 0.25) is 0 Å². The number of benzene rings is 1. The number of nitrogens with two attached hydrogens (primary N) is 1. The summed E-state index contributed by atoms with van der Waals surface area (Å²) in [6, 6.07) is 7.96. The van der Waals surface area contributed by atoms with Crippen LogP contribution in [0.4, 0.5) is 5.69 Å². The molecule has 0 bridgehead atoms. The topological polar surface area (TPSA) is 26.0 Å². The molecular weight excluding hydrogens is 134 g/mol. The van der Waals surface area contributed by atoms with Crippen LogP contribution < -0.4 is 5.73 Å². The van der Waals surface area contributed by atoms with E-state index >= 15 is 0 Å². The fourth-order valence-electron chi connectivity index (χ4n) is 0.753. The highest BCUT2D eigenvalue weighted by molar-refractivity contribution is 5.39. The first-order valence-electron chi connectivity index (χ1n) is 4.17. The summed E-state index contributed by atoms with van der Waals surface area (Å²) in [7, 11) is 0. The zero-order valence-electron chi connectivity index (χ0n) is 7.59. The van der Waals surface area contributed by atoms with Crippen molar-refractivity contribution in [3.8, 4) is 0 Å². The molecule has 0 aromatic heterocycles. The second-order valence-electron chi connectivity index (χ2n) is 2.10. The van der Waals surface area contributed by atoms with Crippen molar-refractivity contribution in [2.24, 2.45) is 0 Å². The maximum absolute atomic E-state index is 5.48. The molecule has 1 heteroatoms. The third kappa shape index (κ3) is 3.66. The van der Waals surface area contributed by atoms with Crippen LogP contribution in [0.5, 0.6) is 0 Å². The van der Waals surface area contributed by atoms with Crippen molar-refractivity contribution in [3.63, 3.8) is 0 Å². The molecule has 0 fully saturated rings. The van der Waals surface area contributed by atoms with Crippen LogP contribution in [0.3, 0.4) is 0 Å². The first kappa shape index (κ1) is 10.0. The lowest BCUT2D eigenvalue weighted by Gasteiger charge is -1.94. The number of hydrogen-bond acceptors (Lipinski definition) is 1. The smallest absolute Gasteiger partial charge is 0.0314 e. The highest BCUT2D eigenvalue weighted by atomic mass is 14.5. The summed E-state index contributed by atoms with van der Waals surface area (Å²) in [5.41, 5.74) is 7.66. The number of aryl methyl sites for hydroxylation is 1. The van der Waals surface area contributed by atoms with Gasteiger partial charge in [-0.1, -0.05) is 32.9 Å². The van der Waals surface area contributed by atoms with Crippen LogP contribution >= 0.6 is 0 Å². The monoisotopic (exact) mass is 153 g/mol. The summed E-state index contributed by atoms with van der Waals surface area (Å²) in [6.45, 7) is 6.13. The van der Waals surface area contributed by atoms with Gasteiger partial charge in [-0.2, -0.15) is 0 Å². The minimum atomic E-state index is 0. The molecule has 1 aromatic carbocycles. The van der Waals surface area contributed by atoms with E-state index in [4.69, 9.17) is 5.73 Å². The number of anilines is 1. The van der Waals surface area contributed by atoms with Crippen LogP contribution in [0.25, 0.3) is 0 Å². The van der Waals surface area contributed by atoms with Gasteiger partial charge in [-0.3, -0.25) is 0 Å². The second-order valence-corrected chi connectivity index (χ2v) is 2.10. The van der Waals surface area contributed by atoms with Gasteiger partial charge in [0.05, 0.1) is 0 Å². The summed E-state index contributed by atoms with van der Waals surface area (Å²) in [6.07, 6.45) is 1.08. The van der Waals surface area contributed by atoms with E-state index in [1.165, 1.54) is 5.56 Å². The SMILES string of the molecule is CC.CCc1ccc(N)cc1.[HH]. The van der Waals surface area contributed by atoms with Crippen molar-refractivity contribution < 1.29 is 1.43 Å². The molecule has 0 heterocycles. The third-order valence-corrected chi connectivity index (χ3v) is 1.39. The lowest BCUT2D eigenvalue weighted by Crippen LogP contribution is -1.84. The standard InChI is InChI=1S/C8H11N.C2H6.H2/c1-2-7-3-5-8(9)6-4-7;1-2;/h3-6H,2,9H2,1H3;1-2H3;1H. The molecule has 2 N–H and O–H groups in total. The Morgan fingerprint density at radius 1 is 1.18 bits per heavy atom. The molecule has 1 aromatic rings. The highest BCUT2D eigenvalue weighted by Crippen LogP contribution is 2.04. The van der Waals surface area contributed by atoms with E-state index in [0.717, 1.165) is 12.1 Å². The van der Waals surface area contributed by atoms with Crippen LogP contribution in [0, 0.1) is 0 Å². The van der Waals surface area contributed by atoms with E-state index < -0.39 is 0 Å². The Kier molecular flexibility index (Phi) is 5.26. The fraction of sp³-hybridized carbons (Fsp3) is 0.400. The van der Waals surface area contributed by atoms with Gasteiger partial charge >= 0.3 is 0 Å². The highest BCUT2D eigenvalue weighted by Gasteiger charge is 1.85. The quantitative estimate of drug-likeness (QED) is 0.616. The predicted octanol–water partition coefficient (Wildman–Crippen LogP) is 3.10. The lowest BCUT2D eigenvalue weighted by molar-refractivity contribution is 1.14.